The van der Waals surface area contributed by atoms with Crippen molar-refractivity contribution in [3.05, 3.63) is 27.9 Å². The van der Waals surface area contributed by atoms with E-state index in [1.54, 1.807) is 10.6 Å². The molecule has 0 aliphatic carbocycles. The standard InChI is InChI=1S/C12H19ClN2O/c1-10-9-12(16)15(11(2)14-10)8-6-4-3-5-7-13/h9H,3-8H2,1-2H3. The Morgan fingerprint density at radius 2 is 1.94 bits per heavy atom. The van der Waals surface area contributed by atoms with Gasteiger partial charge in [0.05, 0.1) is 0 Å². The molecule has 3 nitrogen and oxygen atoms in total. The molecule has 1 heterocycles. The first-order chi connectivity index (χ1) is 7.65. The van der Waals surface area contributed by atoms with Crippen LogP contribution < -0.4 is 5.56 Å². The van der Waals surface area contributed by atoms with Gasteiger partial charge in [-0.1, -0.05) is 12.8 Å². The van der Waals surface area contributed by atoms with E-state index in [9.17, 15) is 4.79 Å². The van der Waals surface area contributed by atoms with Crippen molar-refractivity contribution in [1.29, 1.82) is 0 Å². The van der Waals surface area contributed by atoms with Crippen LogP contribution in [0.5, 0.6) is 0 Å². The molecule has 0 fully saturated rings. The Kier molecular flexibility index (Phi) is 5.53. The first kappa shape index (κ1) is 13.2. The third-order valence-corrected chi connectivity index (χ3v) is 2.86. The lowest BCUT2D eigenvalue weighted by Gasteiger charge is -2.09. The van der Waals surface area contributed by atoms with Crippen LogP contribution in [-0.4, -0.2) is 15.4 Å². The first-order valence-electron chi connectivity index (χ1n) is 5.76. The fraction of sp³-hybridized carbons (Fsp3) is 0.667. The number of halogens is 1. The Hall–Kier alpha value is -0.830. The van der Waals surface area contributed by atoms with E-state index in [4.69, 9.17) is 11.6 Å². The second-order valence-corrected chi connectivity index (χ2v) is 4.42. The van der Waals surface area contributed by atoms with E-state index in [-0.39, 0.29) is 5.56 Å². The number of hydrogen-bond donors (Lipinski definition) is 0. The quantitative estimate of drug-likeness (QED) is 0.568. The van der Waals surface area contributed by atoms with E-state index in [1.807, 2.05) is 13.8 Å². The summed E-state index contributed by atoms with van der Waals surface area (Å²) in [5.74, 6) is 1.53. The van der Waals surface area contributed by atoms with E-state index >= 15 is 0 Å². The van der Waals surface area contributed by atoms with Crippen LogP contribution in [0.1, 0.15) is 37.2 Å². The van der Waals surface area contributed by atoms with Gasteiger partial charge in [0, 0.05) is 24.2 Å². The average Bonchev–Trinajstić information content (AvgIpc) is 2.20. The molecule has 0 unspecified atom stereocenters. The van der Waals surface area contributed by atoms with Crippen molar-refractivity contribution < 1.29 is 0 Å². The molecule has 0 saturated heterocycles. The molecule has 0 saturated carbocycles. The molecule has 0 atom stereocenters. The molecule has 90 valence electrons. The van der Waals surface area contributed by atoms with Crippen LogP contribution >= 0.6 is 11.6 Å². The van der Waals surface area contributed by atoms with Gasteiger partial charge in [0.1, 0.15) is 5.82 Å². The predicted molar refractivity (Wildman–Crippen MR) is 67.2 cm³/mol. The van der Waals surface area contributed by atoms with Crippen molar-refractivity contribution in [1.82, 2.24) is 9.55 Å². The predicted octanol–water partition coefficient (Wildman–Crippen LogP) is 2.66. The molecule has 1 rings (SSSR count). The van der Waals surface area contributed by atoms with E-state index in [2.05, 4.69) is 4.98 Å². The molecule has 0 spiro atoms. The molecule has 16 heavy (non-hydrogen) atoms. The smallest absolute Gasteiger partial charge is 0.253 e. The minimum absolute atomic E-state index is 0.0577. The van der Waals surface area contributed by atoms with Gasteiger partial charge in [-0.15, -0.1) is 11.6 Å². The molecule has 0 N–H and O–H groups in total. The molecule has 0 radical (unpaired) electrons. The van der Waals surface area contributed by atoms with Crippen LogP contribution in [0.15, 0.2) is 10.9 Å². The maximum atomic E-state index is 11.7. The number of alkyl halides is 1. The Morgan fingerprint density at radius 1 is 1.25 bits per heavy atom. The fourth-order valence-corrected chi connectivity index (χ4v) is 1.94. The second kappa shape index (κ2) is 6.69. The van der Waals surface area contributed by atoms with Gasteiger partial charge in [0.15, 0.2) is 0 Å². The van der Waals surface area contributed by atoms with Crippen molar-refractivity contribution in [3.63, 3.8) is 0 Å². The Labute approximate surface area is 101 Å². The molecule has 0 bridgehead atoms. The number of nitrogens with zero attached hydrogens (tertiary/aromatic N) is 2. The Bertz CT molecular complexity index is 387. The first-order valence-corrected chi connectivity index (χ1v) is 6.29. The highest BCUT2D eigenvalue weighted by Gasteiger charge is 2.02. The van der Waals surface area contributed by atoms with Crippen LogP contribution in [0.3, 0.4) is 0 Å². The van der Waals surface area contributed by atoms with Gasteiger partial charge in [0.2, 0.25) is 0 Å². The second-order valence-electron chi connectivity index (χ2n) is 4.04. The van der Waals surface area contributed by atoms with Crippen molar-refractivity contribution in [2.45, 2.75) is 46.1 Å². The maximum Gasteiger partial charge on any atom is 0.253 e. The lowest BCUT2D eigenvalue weighted by molar-refractivity contribution is 0.551. The van der Waals surface area contributed by atoms with E-state index in [0.717, 1.165) is 49.6 Å². The Balaban J connectivity index is 2.51. The van der Waals surface area contributed by atoms with Crippen LogP contribution in [0.4, 0.5) is 0 Å². The molecule has 0 aliphatic rings. The van der Waals surface area contributed by atoms with Gasteiger partial charge in [0.25, 0.3) is 5.56 Å². The van der Waals surface area contributed by atoms with Crippen molar-refractivity contribution in [2.75, 3.05) is 5.88 Å². The van der Waals surface area contributed by atoms with Gasteiger partial charge in [-0.25, -0.2) is 4.98 Å². The Morgan fingerprint density at radius 3 is 2.56 bits per heavy atom. The normalized spacial score (nSPS) is 10.7. The van der Waals surface area contributed by atoms with Crippen LogP contribution in [-0.2, 0) is 6.54 Å². The monoisotopic (exact) mass is 242 g/mol. The molecule has 0 aliphatic heterocycles. The topological polar surface area (TPSA) is 34.9 Å². The third kappa shape index (κ3) is 3.97. The maximum absolute atomic E-state index is 11.7. The van der Waals surface area contributed by atoms with Gasteiger partial charge >= 0.3 is 0 Å². The minimum atomic E-state index is 0.0577. The highest BCUT2D eigenvalue weighted by molar-refractivity contribution is 6.17. The largest absolute Gasteiger partial charge is 0.297 e. The summed E-state index contributed by atoms with van der Waals surface area (Å²) in [5, 5.41) is 0. The zero-order chi connectivity index (χ0) is 12.0. The summed E-state index contributed by atoms with van der Waals surface area (Å²) in [6.07, 6.45) is 4.33. The van der Waals surface area contributed by atoms with Gasteiger partial charge < -0.3 is 0 Å². The van der Waals surface area contributed by atoms with Crippen LogP contribution in [0.25, 0.3) is 0 Å². The summed E-state index contributed by atoms with van der Waals surface area (Å²) in [7, 11) is 0. The van der Waals surface area contributed by atoms with Gasteiger partial charge in [-0.3, -0.25) is 9.36 Å². The molecule has 4 heteroatoms. The summed E-state index contributed by atoms with van der Waals surface area (Å²) in [4.78, 5) is 16.0. The zero-order valence-corrected chi connectivity index (χ0v) is 10.8. The summed E-state index contributed by atoms with van der Waals surface area (Å²) in [6, 6.07) is 1.59. The number of hydrogen-bond acceptors (Lipinski definition) is 2. The highest BCUT2D eigenvalue weighted by Crippen LogP contribution is 2.03. The minimum Gasteiger partial charge on any atom is -0.297 e. The SMILES string of the molecule is Cc1cc(=O)n(CCCCCCCl)c(C)n1. The zero-order valence-electron chi connectivity index (χ0n) is 10.0. The van der Waals surface area contributed by atoms with E-state index < -0.39 is 0 Å². The van der Waals surface area contributed by atoms with Crippen molar-refractivity contribution >= 4 is 11.6 Å². The molecular weight excluding hydrogens is 224 g/mol. The molecule has 1 aromatic heterocycles. The van der Waals surface area contributed by atoms with Crippen LogP contribution in [0, 0.1) is 13.8 Å². The number of aryl methyl sites for hydroxylation is 2. The molecule has 0 aromatic carbocycles. The van der Waals surface area contributed by atoms with Gasteiger partial charge in [-0.2, -0.15) is 0 Å². The van der Waals surface area contributed by atoms with Crippen molar-refractivity contribution in [3.8, 4) is 0 Å². The highest BCUT2D eigenvalue weighted by atomic mass is 35.5. The fourth-order valence-electron chi connectivity index (χ4n) is 1.75. The number of aromatic nitrogens is 2. The summed E-state index contributed by atoms with van der Waals surface area (Å²) in [5.41, 5.74) is 0.850. The third-order valence-electron chi connectivity index (χ3n) is 2.59. The van der Waals surface area contributed by atoms with Gasteiger partial charge in [-0.05, 0) is 26.7 Å². The molecule has 1 aromatic rings. The summed E-state index contributed by atoms with van der Waals surface area (Å²) in [6.45, 7) is 4.49. The summed E-state index contributed by atoms with van der Waals surface area (Å²) >= 11 is 5.60. The van der Waals surface area contributed by atoms with Crippen molar-refractivity contribution in [2.24, 2.45) is 0 Å². The van der Waals surface area contributed by atoms with Crippen LogP contribution in [0.2, 0.25) is 0 Å². The molecular formula is C12H19ClN2O. The lowest BCUT2D eigenvalue weighted by Crippen LogP contribution is -2.23. The summed E-state index contributed by atoms with van der Waals surface area (Å²) < 4.78 is 1.74. The average molecular weight is 243 g/mol. The number of rotatable bonds is 6. The number of unbranched alkanes of at least 4 members (excludes halogenated alkanes) is 3. The van der Waals surface area contributed by atoms with E-state index in [1.165, 1.54) is 0 Å². The van der Waals surface area contributed by atoms with E-state index in [0.29, 0.717) is 0 Å². The molecule has 0 amide bonds. The lowest BCUT2D eigenvalue weighted by atomic mass is 10.2.